The quantitative estimate of drug-likeness (QED) is 0.925. The molecule has 0 aromatic heterocycles. The zero-order chi connectivity index (χ0) is 14.5. The molecule has 20 heavy (non-hydrogen) atoms. The maximum atomic E-state index is 11.8. The number of benzene rings is 2. The fourth-order valence-electron chi connectivity index (χ4n) is 1.69. The number of rotatable bonds is 4. The van der Waals surface area contributed by atoms with Gasteiger partial charge in [-0.05, 0) is 43.7 Å². The number of anilines is 1. The molecule has 2 rings (SSSR count). The molecular weight excluding hydrogens is 274 g/mol. The molecule has 2 aromatic rings. The SMILES string of the molecule is Cc1ccc(OCC(=O)Nc2ccc(C)cc2Cl)cc1. The van der Waals surface area contributed by atoms with E-state index >= 15 is 0 Å². The summed E-state index contributed by atoms with van der Waals surface area (Å²) in [7, 11) is 0. The molecule has 104 valence electrons. The van der Waals surface area contributed by atoms with Gasteiger partial charge in [0, 0.05) is 0 Å². The van der Waals surface area contributed by atoms with Gasteiger partial charge in [0.1, 0.15) is 5.75 Å². The van der Waals surface area contributed by atoms with Crippen molar-refractivity contribution in [1.82, 2.24) is 0 Å². The Hall–Kier alpha value is -2.00. The van der Waals surface area contributed by atoms with Crippen molar-refractivity contribution in [2.75, 3.05) is 11.9 Å². The van der Waals surface area contributed by atoms with Gasteiger partial charge in [0.15, 0.2) is 6.61 Å². The number of hydrogen-bond donors (Lipinski definition) is 1. The summed E-state index contributed by atoms with van der Waals surface area (Å²) in [5.41, 5.74) is 2.78. The summed E-state index contributed by atoms with van der Waals surface area (Å²) in [6, 6.07) is 13.0. The van der Waals surface area contributed by atoms with E-state index in [2.05, 4.69) is 5.32 Å². The van der Waals surface area contributed by atoms with Crippen molar-refractivity contribution in [2.45, 2.75) is 13.8 Å². The lowest BCUT2D eigenvalue weighted by Crippen LogP contribution is -2.20. The van der Waals surface area contributed by atoms with Crippen LogP contribution in [-0.4, -0.2) is 12.5 Å². The highest BCUT2D eigenvalue weighted by molar-refractivity contribution is 6.33. The van der Waals surface area contributed by atoms with E-state index in [1.807, 2.05) is 44.2 Å². The topological polar surface area (TPSA) is 38.3 Å². The lowest BCUT2D eigenvalue weighted by Gasteiger charge is -2.09. The first-order chi connectivity index (χ1) is 9.54. The second-order valence-electron chi connectivity index (χ2n) is 4.63. The Morgan fingerprint density at radius 1 is 1.10 bits per heavy atom. The van der Waals surface area contributed by atoms with Crippen molar-refractivity contribution in [2.24, 2.45) is 0 Å². The molecule has 0 bridgehead atoms. The van der Waals surface area contributed by atoms with Gasteiger partial charge in [-0.2, -0.15) is 0 Å². The van der Waals surface area contributed by atoms with E-state index in [1.54, 1.807) is 12.1 Å². The highest BCUT2D eigenvalue weighted by atomic mass is 35.5. The lowest BCUT2D eigenvalue weighted by molar-refractivity contribution is -0.118. The van der Waals surface area contributed by atoms with E-state index in [0.29, 0.717) is 16.5 Å². The summed E-state index contributed by atoms with van der Waals surface area (Å²) in [6.07, 6.45) is 0. The summed E-state index contributed by atoms with van der Waals surface area (Å²) in [6.45, 7) is 3.89. The van der Waals surface area contributed by atoms with Crippen molar-refractivity contribution < 1.29 is 9.53 Å². The molecule has 4 heteroatoms. The molecule has 0 saturated carbocycles. The van der Waals surface area contributed by atoms with Gasteiger partial charge in [-0.1, -0.05) is 35.4 Å². The smallest absolute Gasteiger partial charge is 0.262 e. The van der Waals surface area contributed by atoms with Crippen molar-refractivity contribution in [3.63, 3.8) is 0 Å². The highest BCUT2D eigenvalue weighted by Gasteiger charge is 2.06. The van der Waals surface area contributed by atoms with Crippen LogP contribution >= 0.6 is 11.6 Å². The van der Waals surface area contributed by atoms with Crippen LogP contribution in [-0.2, 0) is 4.79 Å². The molecule has 0 saturated heterocycles. The Morgan fingerprint density at radius 2 is 1.75 bits per heavy atom. The molecule has 0 aliphatic heterocycles. The largest absolute Gasteiger partial charge is 0.484 e. The molecule has 0 heterocycles. The number of nitrogens with one attached hydrogen (secondary N) is 1. The molecule has 0 aliphatic rings. The number of amides is 1. The van der Waals surface area contributed by atoms with Crippen LogP contribution in [0.25, 0.3) is 0 Å². The van der Waals surface area contributed by atoms with Gasteiger partial charge in [-0.3, -0.25) is 4.79 Å². The van der Waals surface area contributed by atoms with Crippen LogP contribution in [0.15, 0.2) is 42.5 Å². The molecule has 0 unspecified atom stereocenters. The Balaban J connectivity index is 1.90. The average Bonchev–Trinajstić information content (AvgIpc) is 2.41. The predicted octanol–water partition coefficient (Wildman–Crippen LogP) is 3.97. The molecule has 0 fully saturated rings. The molecule has 1 amide bonds. The summed E-state index contributed by atoms with van der Waals surface area (Å²) in [5.74, 6) is 0.428. The third-order valence-corrected chi connectivity index (χ3v) is 3.10. The highest BCUT2D eigenvalue weighted by Crippen LogP contribution is 2.22. The van der Waals surface area contributed by atoms with Gasteiger partial charge in [0.25, 0.3) is 5.91 Å². The molecular formula is C16H16ClNO2. The maximum absolute atomic E-state index is 11.8. The maximum Gasteiger partial charge on any atom is 0.262 e. The van der Waals surface area contributed by atoms with Crippen LogP contribution < -0.4 is 10.1 Å². The minimum absolute atomic E-state index is 0.0483. The Kier molecular flexibility index (Phi) is 4.64. The predicted molar refractivity (Wildman–Crippen MR) is 81.5 cm³/mol. The Morgan fingerprint density at radius 3 is 2.40 bits per heavy atom. The van der Waals surface area contributed by atoms with Crippen molar-refractivity contribution >= 4 is 23.2 Å². The second-order valence-corrected chi connectivity index (χ2v) is 5.04. The molecule has 0 spiro atoms. The van der Waals surface area contributed by atoms with E-state index < -0.39 is 0 Å². The van der Waals surface area contributed by atoms with E-state index in [-0.39, 0.29) is 12.5 Å². The molecule has 0 radical (unpaired) electrons. The van der Waals surface area contributed by atoms with Crippen LogP contribution in [0.2, 0.25) is 5.02 Å². The van der Waals surface area contributed by atoms with Gasteiger partial charge in [0.2, 0.25) is 0 Å². The van der Waals surface area contributed by atoms with Gasteiger partial charge < -0.3 is 10.1 Å². The Labute approximate surface area is 123 Å². The first-order valence-corrected chi connectivity index (χ1v) is 6.68. The summed E-state index contributed by atoms with van der Waals surface area (Å²) >= 11 is 6.05. The number of carbonyl (C=O) groups excluding carboxylic acids is 1. The molecule has 0 aliphatic carbocycles. The number of hydrogen-bond acceptors (Lipinski definition) is 2. The second kappa shape index (κ2) is 6.44. The van der Waals surface area contributed by atoms with Gasteiger partial charge in [0.05, 0.1) is 10.7 Å². The van der Waals surface area contributed by atoms with Gasteiger partial charge in [-0.25, -0.2) is 0 Å². The fourth-order valence-corrected chi connectivity index (χ4v) is 1.97. The summed E-state index contributed by atoms with van der Waals surface area (Å²) < 4.78 is 5.40. The third-order valence-electron chi connectivity index (χ3n) is 2.79. The van der Waals surface area contributed by atoms with E-state index in [0.717, 1.165) is 11.1 Å². The van der Waals surface area contributed by atoms with Crippen LogP contribution in [0.1, 0.15) is 11.1 Å². The van der Waals surface area contributed by atoms with Crippen LogP contribution in [0.5, 0.6) is 5.75 Å². The van der Waals surface area contributed by atoms with E-state index in [1.165, 1.54) is 0 Å². The lowest BCUT2D eigenvalue weighted by atomic mass is 10.2. The average molecular weight is 290 g/mol. The number of carbonyl (C=O) groups is 1. The fraction of sp³-hybridized carbons (Fsp3) is 0.188. The normalized spacial score (nSPS) is 10.2. The molecule has 0 atom stereocenters. The van der Waals surface area contributed by atoms with Crippen molar-refractivity contribution in [1.29, 1.82) is 0 Å². The van der Waals surface area contributed by atoms with Crippen molar-refractivity contribution in [3.8, 4) is 5.75 Å². The number of halogens is 1. The minimum Gasteiger partial charge on any atom is -0.484 e. The minimum atomic E-state index is -0.240. The molecule has 3 nitrogen and oxygen atoms in total. The molecule has 1 N–H and O–H groups in total. The van der Waals surface area contributed by atoms with Crippen LogP contribution in [0, 0.1) is 13.8 Å². The third kappa shape index (κ3) is 4.00. The first kappa shape index (κ1) is 14.4. The number of aryl methyl sites for hydroxylation is 2. The standard InChI is InChI=1S/C16H16ClNO2/c1-11-3-6-13(7-4-11)20-10-16(19)18-15-8-5-12(2)9-14(15)17/h3-9H,10H2,1-2H3,(H,18,19). The molecule has 2 aromatic carbocycles. The number of ether oxygens (including phenoxy) is 1. The van der Waals surface area contributed by atoms with Crippen molar-refractivity contribution in [3.05, 3.63) is 58.6 Å². The zero-order valence-electron chi connectivity index (χ0n) is 11.4. The van der Waals surface area contributed by atoms with Gasteiger partial charge in [-0.15, -0.1) is 0 Å². The van der Waals surface area contributed by atoms with Crippen LogP contribution in [0.3, 0.4) is 0 Å². The Bertz CT molecular complexity index is 608. The first-order valence-electron chi connectivity index (χ1n) is 6.30. The summed E-state index contributed by atoms with van der Waals surface area (Å²) in [5, 5.41) is 3.25. The van der Waals surface area contributed by atoms with E-state index in [9.17, 15) is 4.79 Å². The van der Waals surface area contributed by atoms with Gasteiger partial charge >= 0.3 is 0 Å². The monoisotopic (exact) mass is 289 g/mol. The van der Waals surface area contributed by atoms with E-state index in [4.69, 9.17) is 16.3 Å². The van der Waals surface area contributed by atoms with Crippen LogP contribution in [0.4, 0.5) is 5.69 Å². The summed E-state index contributed by atoms with van der Waals surface area (Å²) in [4.78, 5) is 11.8. The zero-order valence-corrected chi connectivity index (χ0v) is 12.2.